The molecule has 4 nitrogen and oxygen atoms in total. The first-order chi connectivity index (χ1) is 11.6. The molecule has 0 aliphatic rings. The zero-order chi connectivity index (χ0) is 17.4. The van der Waals surface area contributed by atoms with E-state index < -0.39 is 0 Å². The molecule has 1 amide bonds. The minimum Gasteiger partial charge on any atom is -0.497 e. The van der Waals surface area contributed by atoms with Crippen LogP contribution in [0.1, 0.15) is 25.0 Å². The molecule has 0 saturated heterocycles. The molecular weight excluding hydrogens is 320 g/mol. The Bertz CT molecular complexity index is 684. The van der Waals surface area contributed by atoms with Gasteiger partial charge in [-0.1, -0.05) is 30.3 Å². The predicted molar refractivity (Wildman–Crippen MR) is 101 cm³/mol. The number of benzene rings is 2. The quantitative estimate of drug-likeness (QED) is 0.614. The Labute approximate surface area is 147 Å². The van der Waals surface area contributed by atoms with Gasteiger partial charge in [0.05, 0.1) is 18.1 Å². The summed E-state index contributed by atoms with van der Waals surface area (Å²) in [5.74, 6) is 1.50. The van der Waals surface area contributed by atoms with E-state index in [0.717, 1.165) is 22.8 Å². The SMILES string of the molecule is COc1ccc(/C(C)=N\NC(=O)[C@H](C)SCc2ccccc2)cc1. The van der Waals surface area contributed by atoms with Crippen LogP contribution in [0.5, 0.6) is 5.75 Å². The highest BCUT2D eigenvalue weighted by atomic mass is 32.2. The van der Waals surface area contributed by atoms with E-state index in [4.69, 9.17) is 4.74 Å². The second kappa shape index (κ2) is 9.13. The molecule has 0 unspecified atom stereocenters. The third-order valence-corrected chi connectivity index (χ3v) is 4.77. The maximum absolute atomic E-state index is 12.1. The fourth-order valence-corrected chi connectivity index (χ4v) is 2.84. The third-order valence-electron chi connectivity index (χ3n) is 3.55. The number of hydrazone groups is 1. The highest BCUT2D eigenvalue weighted by Crippen LogP contribution is 2.17. The molecule has 5 heteroatoms. The van der Waals surface area contributed by atoms with Crippen LogP contribution in [0.4, 0.5) is 0 Å². The lowest BCUT2D eigenvalue weighted by Gasteiger charge is -2.10. The van der Waals surface area contributed by atoms with Gasteiger partial charge in [0, 0.05) is 5.75 Å². The van der Waals surface area contributed by atoms with E-state index in [2.05, 4.69) is 22.7 Å². The van der Waals surface area contributed by atoms with Gasteiger partial charge >= 0.3 is 0 Å². The minimum absolute atomic E-state index is 0.0937. The number of thioether (sulfide) groups is 1. The lowest BCUT2D eigenvalue weighted by molar-refractivity contribution is -0.120. The molecule has 0 saturated carbocycles. The van der Waals surface area contributed by atoms with Crippen molar-refractivity contribution in [3.63, 3.8) is 0 Å². The van der Waals surface area contributed by atoms with E-state index in [0.29, 0.717) is 0 Å². The summed E-state index contributed by atoms with van der Waals surface area (Å²) in [4.78, 5) is 12.1. The first-order valence-electron chi connectivity index (χ1n) is 7.74. The van der Waals surface area contributed by atoms with E-state index >= 15 is 0 Å². The molecule has 126 valence electrons. The third kappa shape index (κ3) is 5.42. The summed E-state index contributed by atoms with van der Waals surface area (Å²) in [6.45, 7) is 3.76. The molecule has 1 N–H and O–H groups in total. The number of carbonyl (C=O) groups is 1. The van der Waals surface area contributed by atoms with Gasteiger partial charge in [0.2, 0.25) is 0 Å². The average Bonchev–Trinajstić information content (AvgIpc) is 2.64. The van der Waals surface area contributed by atoms with Crippen LogP contribution >= 0.6 is 11.8 Å². The molecule has 0 heterocycles. The minimum atomic E-state index is -0.169. The summed E-state index contributed by atoms with van der Waals surface area (Å²) >= 11 is 1.59. The number of nitrogens with zero attached hydrogens (tertiary/aromatic N) is 1. The number of ether oxygens (including phenoxy) is 1. The number of rotatable bonds is 7. The van der Waals surface area contributed by atoms with Gasteiger partial charge in [-0.2, -0.15) is 5.10 Å². The summed E-state index contributed by atoms with van der Waals surface area (Å²) < 4.78 is 5.13. The van der Waals surface area contributed by atoms with Gasteiger partial charge in [0.1, 0.15) is 5.75 Å². The second-order valence-electron chi connectivity index (χ2n) is 5.34. The predicted octanol–water partition coefficient (Wildman–Crippen LogP) is 3.86. The second-order valence-corrected chi connectivity index (χ2v) is 6.67. The van der Waals surface area contributed by atoms with E-state index in [1.807, 2.05) is 56.3 Å². The smallest absolute Gasteiger partial charge is 0.252 e. The fourth-order valence-electron chi connectivity index (χ4n) is 2.00. The summed E-state index contributed by atoms with van der Waals surface area (Å²) in [6.07, 6.45) is 0. The monoisotopic (exact) mass is 342 g/mol. The fraction of sp³-hybridized carbons (Fsp3) is 0.263. The standard InChI is InChI=1S/C19H22N2O2S/c1-14(17-9-11-18(23-3)12-10-17)20-21-19(22)15(2)24-13-16-7-5-4-6-8-16/h4-12,15H,13H2,1-3H3,(H,21,22)/b20-14-/t15-/m0/s1. The van der Waals surface area contributed by atoms with E-state index in [9.17, 15) is 4.79 Å². The van der Waals surface area contributed by atoms with Crippen LogP contribution in [0.25, 0.3) is 0 Å². The molecule has 0 aliphatic carbocycles. The van der Waals surface area contributed by atoms with Crippen molar-refractivity contribution in [2.45, 2.75) is 24.9 Å². The highest BCUT2D eigenvalue weighted by Gasteiger charge is 2.13. The average molecular weight is 342 g/mol. The number of nitrogens with one attached hydrogen (secondary N) is 1. The van der Waals surface area contributed by atoms with E-state index in [-0.39, 0.29) is 11.2 Å². The lowest BCUT2D eigenvalue weighted by Crippen LogP contribution is -2.27. The van der Waals surface area contributed by atoms with Crippen molar-refractivity contribution in [1.82, 2.24) is 5.43 Å². The van der Waals surface area contributed by atoms with Crippen LogP contribution in [0, 0.1) is 0 Å². The molecule has 0 radical (unpaired) electrons. The van der Waals surface area contributed by atoms with Crippen molar-refractivity contribution < 1.29 is 9.53 Å². The van der Waals surface area contributed by atoms with Crippen molar-refractivity contribution in [2.75, 3.05) is 7.11 Å². The zero-order valence-corrected chi connectivity index (χ0v) is 15.0. The molecule has 24 heavy (non-hydrogen) atoms. The Morgan fingerprint density at radius 3 is 2.46 bits per heavy atom. The largest absolute Gasteiger partial charge is 0.497 e. The maximum Gasteiger partial charge on any atom is 0.252 e. The summed E-state index contributed by atoms with van der Waals surface area (Å²) in [7, 11) is 1.63. The first-order valence-corrected chi connectivity index (χ1v) is 8.79. The molecule has 2 aromatic carbocycles. The normalized spacial score (nSPS) is 12.5. The maximum atomic E-state index is 12.1. The van der Waals surface area contributed by atoms with Crippen molar-refractivity contribution in [3.8, 4) is 5.75 Å². The molecular formula is C19H22N2O2S. The molecule has 2 aromatic rings. The van der Waals surface area contributed by atoms with E-state index in [1.54, 1.807) is 18.9 Å². The van der Waals surface area contributed by atoms with Crippen molar-refractivity contribution >= 4 is 23.4 Å². The van der Waals surface area contributed by atoms with Crippen molar-refractivity contribution in [3.05, 3.63) is 65.7 Å². The molecule has 0 aliphatic heterocycles. The molecule has 0 fully saturated rings. The topological polar surface area (TPSA) is 50.7 Å². The summed E-state index contributed by atoms with van der Waals surface area (Å²) in [6, 6.07) is 17.7. The number of hydrogen-bond acceptors (Lipinski definition) is 4. The lowest BCUT2D eigenvalue weighted by atomic mass is 10.1. The molecule has 0 bridgehead atoms. The van der Waals surface area contributed by atoms with E-state index in [1.165, 1.54) is 5.56 Å². The highest BCUT2D eigenvalue weighted by molar-refractivity contribution is 7.99. The Kier molecular flexibility index (Phi) is 6.88. The van der Waals surface area contributed by atoms with Crippen LogP contribution in [0.3, 0.4) is 0 Å². The van der Waals surface area contributed by atoms with Gasteiger partial charge in [-0.05, 0) is 49.2 Å². The van der Waals surface area contributed by atoms with Gasteiger partial charge < -0.3 is 4.74 Å². The molecule has 1 atom stereocenters. The van der Waals surface area contributed by atoms with Gasteiger partial charge in [-0.25, -0.2) is 5.43 Å². The molecule has 0 spiro atoms. The van der Waals surface area contributed by atoms with Crippen LogP contribution in [0.15, 0.2) is 59.7 Å². The Balaban J connectivity index is 1.85. The van der Waals surface area contributed by atoms with Crippen LogP contribution in [-0.4, -0.2) is 24.0 Å². The number of amides is 1. The summed E-state index contributed by atoms with van der Waals surface area (Å²) in [5.41, 5.74) is 5.55. The number of methoxy groups -OCH3 is 1. The van der Waals surface area contributed by atoms with Gasteiger partial charge in [0.25, 0.3) is 5.91 Å². The molecule has 2 rings (SSSR count). The summed E-state index contributed by atoms with van der Waals surface area (Å²) in [5, 5.41) is 4.02. The van der Waals surface area contributed by atoms with Crippen LogP contribution in [0.2, 0.25) is 0 Å². The van der Waals surface area contributed by atoms with Crippen molar-refractivity contribution in [2.24, 2.45) is 5.10 Å². The van der Waals surface area contributed by atoms with Gasteiger partial charge in [-0.15, -0.1) is 11.8 Å². The van der Waals surface area contributed by atoms with Gasteiger partial charge in [-0.3, -0.25) is 4.79 Å². The number of hydrogen-bond donors (Lipinski definition) is 1. The Hall–Kier alpha value is -2.27. The molecule has 0 aromatic heterocycles. The van der Waals surface area contributed by atoms with Crippen molar-refractivity contribution in [1.29, 1.82) is 0 Å². The van der Waals surface area contributed by atoms with Gasteiger partial charge in [0.15, 0.2) is 0 Å². The Morgan fingerprint density at radius 1 is 1.17 bits per heavy atom. The van der Waals surface area contributed by atoms with Crippen LogP contribution < -0.4 is 10.2 Å². The number of carbonyl (C=O) groups excluding carboxylic acids is 1. The zero-order valence-electron chi connectivity index (χ0n) is 14.2. The first kappa shape index (κ1) is 18.1. The Morgan fingerprint density at radius 2 is 1.83 bits per heavy atom. The van der Waals surface area contributed by atoms with Crippen LogP contribution in [-0.2, 0) is 10.5 Å².